The predicted octanol–water partition coefficient (Wildman–Crippen LogP) is 2.83. The minimum absolute atomic E-state index is 0.229. The first kappa shape index (κ1) is 21.4. The van der Waals surface area contributed by atoms with Gasteiger partial charge in [-0.1, -0.05) is 48.5 Å². The maximum Gasteiger partial charge on any atom is 0.328 e. The number of piperidine rings is 1. The van der Waals surface area contributed by atoms with Gasteiger partial charge in [-0.2, -0.15) is 0 Å². The standard InChI is InChI=1S/C23H27N3O4/c1-30-22(28)20(15-17-9-4-2-5-10-17)25-21(27)18-11-8-14-26(16-18)23(29)24-19-12-6-3-7-13-19/h2-7,9-10,12-13,18,20H,8,11,14-16H2,1H3,(H,24,29)(H,25,27)/t18-,20-/m0/s1. The van der Waals surface area contributed by atoms with Gasteiger partial charge in [0.25, 0.3) is 0 Å². The van der Waals surface area contributed by atoms with Crippen LogP contribution in [0.5, 0.6) is 0 Å². The minimum Gasteiger partial charge on any atom is -0.467 e. The van der Waals surface area contributed by atoms with Crippen LogP contribution >= 0.6 is 0 Å². The molecule has 0 unspecified atom stereocenters. The molecule has 0 spiro atoms. The third kappa shape index (κ3) is 5.83. The number of esters is 1. The van der Waals surface area contributed by atoms with E-state index in [-0.39, 0.29) is 17.9 Å². The van der Waals surface area contributed by atoms with E-state index in [0.29, 0.717) is 31.6 Å². The van der Waals surface area contributed by atoms with Crippen LogP contribution in [0.1, 0.15) is 18.4 Å². The summed E-state index contributed by atoms with van der Waals surface area (Å²) in [5.41, 5.74) is 1.64. The van der Waals surface area contributed by atoms with Gasteiger partial charge >= 0.3 is 12.0 Å². The van der Waals surface area contributed by atoms with Crippen molar-refractivity contribution >= 4 is 23.6 Å². The molecule has 0 saturated carbocycles. The van der Waals surface area contributed by atoms with Gasteiger partial charge in [-0.25, -0.2) is 9.59 Å². The van der Waals surface area contributed by atoms with E-state index in [1.54, 1.807) is 4.90 Å². The number of carbonyl (C=O) groups excluding carboxylic acids is 3. The summed E-state index contributed by atoms with van der Waals surface area (Å²) in [4.78, 5) is 39.3. The lowest BCUT2D eigenvalue weighted by Crippen LogP contribution is -2.50. The fourth-order valence-corrected chi connectivity index (χ4v) is 3.57. The van der Waals surface area contributed by atoms with Gasteiger partial charge in [-0.3, -0.25) is 4.79 Å². The zero-order valence-electron chi connectivity index (χ0n) is 17.0. The van der Waals surface area contributed by atoms with Crippen LogP contribution in [0.4, 0.5) is 10.5 Å². The molecule has 1 saturated heterocycles. The smallest absolute Gasteiger partial charge is 0.328 e. The lowest BCUT2D eigenvalue weighted by Gasteiger charge is -2.32. The van der Waals surface area contributed by atoms with Crippen molar-refractivity contribution in [1.29, 1.82) is 0 Å². The first-order chi connectivity index (χ1) is 14.6. The molecule has 1 aliphatic heterocycles. The highest BCUT2D eigenvalue weighted by Crippen LogP contribution is 2.19. The Kier molecular flexibility index (Phi) is 7.43. The lowest BCUT2D eigenvalue weighted by molar-refractivity contribution is -0.145. The van der Waals surface area contributed by atoms with E-state index >= 15 is 0 Å². The monoisotopic (exact) mass is 409 g/mol. The summed E-state index contributed by atoms with van der Waals surface area (Å²) in [6.07, 6.45) is 1.74. The molecule has 0 aromatic heterocycles. The Morgan fingerprint density at radius 2 is 1.73 bits per heavy atom. The molecular weight excluding hydrogens is 382 g/mol. The summed E-state index contributed by atoms with van der Waals surface area (Å²) in [5.74, 6) is -1.09. The number of hydrogen-bond donors (Lipinski definition) is 2. The summed E-state index contributed by atoms with van der Waals surface area (Å²) >= 11 is 0. The maximum absolute atomic E-state index is 12.9. The Morgan fingerprint density at radius 3 is 2.40 bits per heavy atom. The molecule has 0 aliphatic carbocycles. The molecule has 1 heterocycles. The highest BCUT2D eigenvalue weighted by atomic mass is 16.5. The number of nitrogens with one attached hydrogen (secondary N) is 2. The molecule has 2 N–H and O–H groups in total. The van der Waals surface area contributed by atoms with Crippen LogP contribution in [0.25, 0.3) is 0 Å². The number of rotatable bonds is 6. The lowest BCUT2D eigenvalue weighted by atomic mass is 9.96. The molecule has 7 heteroatoms. The molecule has 0 radical (unpaired) electrons. The van der Waals surface area contributed by atoms with Crippen molar-refractivity contribution in [3.05, 3.63) is 66.2 Å². The SMILES string of the molecule is COC(=O)[C@H](Cc1ccccc1)NC(=O)[C@H]1CCCN(C(=O)Nc2ccccc2)C1. The minimum atomic E-state index is -0.765. The van der Waals surface area contributed by atoms with E-state index in [4.69, 9.17) is 4.74 Å². The molecule has 1 aliphatic rings. The Bertz CT molecular complexity index is 857. The predicted molar refractivity (Wildman–Crippen MR) is 114 cm³/mol. The van der Waals surface area contributed by atoms with Crippen molar-refractivity contribution in [2.45, 2.75) is 25.3 Å². The average molecular weight is 409 g/mol. The molecule has 2 aromatic carbocycles. The van der Waals surface area contributed by atoms with E-state index < -0.39 is 12.0 Å². The Hall–Kier alpha value is -3.35. The quantitative estimate of drug-likeness (QED) is 0.718. The number of likely N-dealkylation sites (tertiary alicyclic amines) is 1. The molecule has 158 valence electrons. The van der Waals surface area contributed by atoms with Crippen LogP contribution in [-0.4, -0.2) is 49.0 Å². The van der Waals surface area contributed by atoms with Crippen molar-refractivity contribution in [2.75, 3.05) is 25.5 Å². The van der Waals surface area contributed by atoms with Crippen molar-refractivity contribution in [3.8, 4) is 0 Å². The summed E-state index contributed by atoms with van der Waals surface area (Å²) in [6.45, 7) is 0.899. The van der Waals surface area contributed by atoms with Crippen LogP contribution in [0.2, 0.25) is 0 Å². The second-order valence-corrected chi connectivity index (χ2v) is 7.36. The summed E-state index contributed by atoms with van der Waals surface area (Å²) < 4.78 is 4.87. The Balaban J connectivity index is 1.60. The van der Waals surface area contributed by atoms with Crippen LogP contribution in [0.3, 0.4) is 0 Å². The van der Waals surface area contributed by atoms with Gasteiger partial charge in [0.1, 0.15) is 6.04 Å². The third-order valence-electron chi connectivity index (χ3n) is 5.19. The van der Waals surface area contributed by atoms with Crippen LogP contribution in [-0.2, 0) is 20.7 Å². The van der Waals surface area contributed by atoms with Gasteiger partial charge in [-0.15, -0.1) is 0 Å². The zero-order chi connectivity index (χ0) is 21.3. The first-order valence-corrected chi connectivity index (χ1v) is 10.1. The molecule has 3 rings (SSSR count). The van der Waals surface area contributed by atoms with E-state index in [0.717, 1.165) is 12.0 Å². The maximum atomic E-state index is 12.9. The second kappa shape index (κ2) is 10.4. The van der Waals surface area contributed by atoms with Crippen molar-refractivity contribution < 1.29 is 19.1 Å². The number of methoxy groups -OCH3 is 1. The van der Waals surface area contributed by atoms with Gasteiger partial charge in [0, 0.05) is 25.2 Å². The second-order valence-electron chi connectivity index (χ2n) is 7.36. The average Bonchev–Trinajstić information content (AvgIpc) is 2.79. The van der Waals surface area contributed by atoms with Gasteiger partial charge in [-0.05, 0) is 30.5 Å². The van der Waals surface area contributed by atoms with Gasteiger partial charge in [0.15, 0.2) is 0 Å². The number of ether oxygens (including phenoxy) is 1. The van der Waals surface area contributed by atoms with Crippen LogP contribution < -0.4 is 10.6 Å². The van der Waals surface area contributed by atoms with Crippen LogP contribution in [0, 0.1) is 5.92 Å². The summed E-state index contributed by atoms with van der Waals surface area (Å²) in [7, 11) is 1.31. The van der Waals surface area contributed by atoms with Crippen molar-refractivity contribution in [2.24, 2.45) is 5.92 Å². The van der Waals surface area contributed by atoms with Gasteiger partial charge in [0.2, 0.25) is 5.91 Å². The molecule has 2 aromatic rings. The fraction of sp³-hybridized carbons (Fsp3) is 0.348. The van der Waals surface area contributed by atoms with Crippen LogP contribution in [0.15, 0.2) is 60.7 Å². The normalized spacial score (nSPS) is 17.0. The van der Waals surface area contributed by atoms with Gasteiger partial charge in [0.05, 0.1) is 13.0 Å². The van der Waals surface area contributed by atoms with Gasteiger partial charge < -0.3 is 20.3 Å². The summed E-state index contributed by atoms with van der Waals surface area (Å²) in [5, 5.41) is 5.68. The Labute approximate surface area is 176 Å². The van der Waals surface area contributed by atoms with E-state index in [1.165, 1.54) is 7.11 Å². The molecule has 3 amide bonds. The number of urea groups is 1. The van der Waals surface area contributed by atoms with E-state index in [2.05, 4.69) is 10.6 Å². The topological polar surface area (TPSA) is 87.7 Å². The molecule has 30 heavy (non-hydrogen) atoms. The fourth-order valence-electron chi connectivity index (χ4n) is 3.57. The largest absolute Gasteiger partial charge is 0.467 e. The first-order valence-electron chi connectivity index (χ1n) is 10.1. The molecule has 1 fully saturated rings. The van der Waals surface area contributed by atoms with E-state index in [1.807, 2.05) is 60.7 Å². The molecule has 7 nitrogen and oxygen atoms in total. The zero-order valence-corrected chi connectivity index (χ0v) is 17.0. The molecular formula is C23H27N3O4. The molecule has 2 atom stereocenters. The third-order valence-corrected chi connectivity index (χ3v) is 5.19. The summed E-state index contributed by atoms with van der Waals surface area (Å²) in [6, 6.07) is 17.7. The number of anilines is 1. The number of carbonyl (C=O) groups is 3. The highest BCUT2D eigenvalue weighted by Gasteiger charge is 2.31. The van der Waals surface area contributed by atoms with Crippen molar-refractivity contribution in [3.63, 3.8) is 0 Å². The number of para-hydroxylation sites is 1. The van der Waals surface area contributed by atoms with Crippen molar-refractivity contribution in [1.82, 2.24) is 10.2 Å². The number of nitrogens with zero attached hydrogens (tertiary/aromatic N) is 1. The highest BCUT2D eigenvalue weighted by molar-refractivity contribution is 5.90. The Morgan fingerprint density at radius 1 is 1.07 bits per heavy atom. The number of amides is 3. The van der Waals surface area contributed by atoms with E-state index in [9.17, 15) is 14.4 Å². The number of hydrogen-bond acceptors (Lipinski definition) is 4. The molecule has 0 bridgehead atoms. The number of benzene rings is 2.